The number of carbonyl (C=O) groups excluding carboxylic acids is 1. The molecule has 6 nitrogen and oxygen atoms in total. The molecule has 1 aromatic rings. The summed E-state index contributed by atoms with van der Waals surface area (Å²) in [6, 6.07) is 6.49. The van der Waals surface area contributed by atoms with Crippen LogP contribution in [0.25, 0.3) is 0 Å². The summed E-state index contributed by atoms with van der Waals surface area (Å²) in [4.78, 5) is 11.9. The third kappa shape index (κ3) is 4.44. The maximum Gasteiger partial charge on any atom is 0.303 e. The normalized spacial score (nSPS) is 11.5. The van der Waals surface area contributed by atoms with Crippen LogP contribution in [0.4, 0.5) is 5.69 Å². The fourth-order valence-corrected chi connectivity index (χ4v) is 2.56. The molecular formula is C14H23N3O3S. The number of carbonyl (C=O) groups is 1. The molecule has 0 spiro atoms. The lowest BCUT2D eigenvalue weighted by Gasteiger charge is -2.23. The van der Waals surface area contributed by atoms with Gasteiger partial charge in [0.25, 0.3) is 5.91 Å². The Morgan fingerprint density at radius 3 is 2.19 bits per heavy atom. The largest absolute Gasteiger partial charge is 0.352 e. The monoisotopic (exact) mass is 313 g/mol. The fraction of sp³-hybridized carbons (Fsp3) is 0.500. The number of nitrogens with zero attached hydrogens (tertiary/aromatic N) is 2. The molecule has 0 aliphatic heterocycles. The second kappa shape index (κ2) is 7.42. The van der Waals surface area contributed by atoms with Crippen molar-refractivity contribution in [3.8, 4) is 0 Å². The molecule has 7 heteroatoms. The SMILES string of the molecule is CCCCNC(=O)c1ccc(N(C)S(=O)(=O)N(C)C)cc1. The van der Waals surface area contributed by atoms with Crippen LogP contribution in [-0.2, 0) is 10.2 Å². The molecule has 118 valence electrons. The smallest absolute Gasteiger partial charge is 0.303 e. The van der Waals surface area contributed by atoms with E-state index >= 15 is 0 Å². The molecule has 0 aromatic heterocycles. The van der Waals surface area contributed by atoms with Crippen LogP contribution in [-0.4, -0.2) is 46.3 Å². The maximum absolute atomic E-state index is 12.0. The van der Waals surface area contributed by atoms with Gasteiger partial charge in [-0.25, -0.2) is 0 Å². The molecule has 1 N–H and O–H groups in total. The van der Waals surface area contributed by atoms with E-state index in [1.165, 1.54) is 25.4 Å². The van der Waals surface area contributed by atoms with Gasteiger partial charge in [-0.3, -0.25) is 9.10 Å². The molecule has 0 saturated carbocycles. The van der Waals surface area contributed by atoms with E-state index in [1.54, 1.807) is 24.3 Å². The number of anilines is 1. The third-order valence-corrected chi connectivity index (χ3v) is 4.94. The van der Waals surface area contributed by atoms with Gasteiger partial charge in [-0.2, -0.15) is 12.7 Å². The zero-order valence-corrected chi connectivity index (χ0v) is 13.8. The molecule has 0 aliphatic carbocycles. The van der Waals surface area contributed by atoms with Crippen molar-refractivity contribution in [1.29, 1.82) is 0 Å². The van der Waals surface area contributed by atoms with Gasteiger partial charge in [0.15, 0.2) is 0 Å². The van der Waals surface area contributed by atoms with Crippen molar-refractivity contribution in [1.82, 2.24) is 9.62 Å². The number of benzene rings is 1. The number of hydrogen-bond acceptors (Lipinski definition) is 3. The Kier molecular flexibility index (Phi) is 6.17. The van der Waals surface area contributed by atoms with Crippen LogP contribution in [0.3, 0.4) is 0 Å². The fourth-order valence-electron chi connectivity index (χ4n) is 1.68. The Hall–Kier alpha value is -1.60. The first-order chi connectivity index (χ1) is 9.80. The first kappa shape index (κ1) is 17.5. The van der Waals surface area contributed by atoms with E-state index in [0.717, 1.165) is 17.1 Å². The lowest BCUT2D eigenvalue weighted by atomic mass is 10.2. The number of hydrogen-bond donors (Lipinski definition) is 1. The lowest BCUT2D eigenvalue weighted by Crippen LogP contribution is -2.37. The van der Waals surface area contributed by atoms with Gasteiger partial charge in [-0.05, 0) is 30.7 Å². The van der Waals surface area contributed by atoms with Crippen molar-refractivity contribution < 1.29 is 13.2 Å². The van der Waals surface area contributed by atoms with Crippen molar-refractivity contribution in [3.63, 3.8) is 0 Å². The molecular weight excluding hydrogens is 290 g/mol. The first-order valence-corrected chi connectivity index (χ1v) is 8.25. The minimum atomic E-state index is -3.51. The highest BCUT2D eigenvalue weighted by Crippen LogP contribution is 2.18. The summed E-state index contributed by atoms with van der Waals surface area (Å²) in [5.74, 6) is -0.145. The Morgan fingerprint density at radius 2 is 1.71 bits per heavy atom. The number of nitrogens with one attached hydrogen (secondary N) is 1. The van der Waals surface area contributed by atoms with Crippen molar-refractivity contribution >= 4 is 21.8 Å². The standard InChI is InChI=1S/C14H23N3O3S/c1-5-6-11-15-14(18)12-7-9-13(10-8-12)17(4)21(19,20)16(2)3/h7-10H,5-6,11H2,1-4H3,(H,15,18). The van der Waals surface area contributed by atoms with Gasteiger partial charge in [-0.1, -0.05) is 13.3 Å². The van der Waals surface area contributed by atoms with Gasteiger partial charge >= 0.3 is 10.2 Å². The van der Waals surface area contributed by atoms with Crippen LogP contribution in [0.1, 0.15) is 30.1 Å². The lowest BCUT2D eigenvalue weighted by molar-refractivity contribution is 0.0953. The average Bonchev–Trinajstić information content (AvgIpc) is 2.46. The van der Waals surface area contributed by atoms with Gasteiger partial charge in [0, 0.05) is 33.3 Å². The van der Waals surface area contributed by atoms with E-state index in [4.69, 9.17) is 0 Å². The summed E-state index contributed by atoms with van der Waals surface area (Å²) in [5.41, 5.74) is 1.03. The Morgan fingerprint density at radius 1 is 1.14 bits per heavy atom. The quantitative estimate of drug-likeness (QED) is 0.775. The third-order valence-electron chi connectivity index (χ3n) is 3.12. The molecule has 0 radical (unpaired) electrons. The Balaban J connectivity index is 2.81. The van der Waals surface area contributed by atoms with Gasteiger partial charge in [-0.15, -0.1) is 0 Å². The van der Waals surface area contributed by atoms with E-state index in [1.807, 2.05) is 0 Å². The molecule has 0 saturated heterocycles. The molecule has 0 aliphatic rings. The average molecular weight is 313 g/mol. The predicted octanol–water partition coefficient (Wildman–Crippen LogP) is 1.46. The highest BCUT2D eigenvalue weighted by Gasteiger charge is 2.20. The minimum Gasteiger partial charge on any atom is -0.352 e. The molecule has 0 unspecified atom stereocenters. The van der Waals surface area contributed by atoms with Crippen LogP contribution < -0.4 is 9.62 Å². The molecule has 21 heavy (non-hydrogen) atoms. The van der Waals surface area contributed by atoms with E-state index in [0.29, 0.717) is 17.8 Å². The second-order valence-corrected chi connectivity index (χ2v) is 7.09. The van der Waals surface area contributed by atoms with Crippen LogP contribution in [0.2, 0.25) is 0 Å². The van der Waals surface area contributed by atoms with E-state index in [9.17, 15) is 13.2 Å². The van der Waals surface area contributed by atoms with Crippen molar-refractivity contribution in [2.24, 2.45) is 0 Å². The highest BCUT2D eigenvalue weighted by atomic mass is 32.2. The molecule has 0 atom stereocenters. The zero-order valence-electron chi connectivity index (χ0n) is 13.0. The van der Waals surface area contributed by atoms with Gasteiger partial charge in [0.2, 0.25) is 0 Å². The van der Waals surface area contributed by atoms with E-state index in [2.05, 4.69) is 12.2 Å². The van der Waals surface area contributed by atoms with E-state index < -0.39 is 10.2 Å². The van der Waals surface area contributed by atoms with Crippen LogP contribution in [0, 0.1) is 0 Å². The molecule has 1 aromatic carbocycles. The topological polar surface area (TPSA) is 69.7 Å². The summed E-state index contributed by atoms with van der Waals surface area (Å²) in [6.45, 7) is 2.70. The molecule has 1 rings (SSSR count). The summed E-state index contributed by atoms with van der Waals surface area (Å²) >= 11 is 0. The minimum absolute atomic E-state index is 0.145. The van der Waals surface area contributed by atoms with Gasteiger partial charge < -0.3 is 5.32 Å². The second-order valence-electron chi connectivity index (χ2n) is 4.91. The van der Waals surface area contributed by atoms with Crippen molar-refractivity contribution in [2.75, 3.05) is 32.0 Å². The summed E-state index contributed by atoms with van der Waals surface area (Å²) in [7, 11) is 0.911. The van der Waals surface area contributed by atoms with Crippen LogP contribution >= 0.6 is 0 Å². The molecule has 0 fully saturated rings. The summed E-state index contributed by atoms with van der Waals surface area (Å²) < 4.78 is 26.3. The predicted molar refractivity (Wildman–Crippen MR) is 84.7 cm³/mol. The number of unbranched alkanes of at least 4 members (excludes halogenated alkanes) is 1. The van der Waals surface area contributed by atoms with Gasteiger partial charge in [0.05, 0.1) is 5.69 Å². The number of amides is 1. The Bertz CT molecular complexity index is 568. The van der Waals surface area contributed by atoms with Crippen LogP contribution in [0.15, 0.2) is 24.3 Å². The van der Waals surface area contributed by atoms with E-state index in [-0.39, 0.29) is 5.91 Å². The zero-order chi connectivity index (χ0) is 16.0. The molecule has 1 amide bonds. The van der Waals surface area contributed by atoms with Crippen molar-refractivity contribution in [2.45, 2.75) is 19.8 Å². The number of rotatable bonds is 7. The summed E-state index contributed by atoms with van der Waals surface area (Å²) in [5, 5.41) is 2.82. The molecule has 0 bridgehead atoms. The molecule has 0 heterocycles. The highest BCUT2D eigenvalue weighted by molar-refractivity contribution is 7.90. The van der Waals surface area contributed by atoms with Crippen LogP contribution in [0.5, 0.6) is 0 Å². The maximum atomic E-state index is 12.0. The Labute approximate surface area is 126 Å². The van der Waals surface area contributed by atoms with Crippen molar-refractivity contribution in [3.05, 3.63) is 29.8 Å². The first-order valence-electron chi connectivity index (χ1n) is 6.85. The van der Waals surface area contributed by atoms with Gasteiger partial charge in [0.1, 0.15) is 0 Å². The summed E-state index contributed by atoms with van der Waals surface area (Å²) in [6.07, 6.45) is 1.96.